The Balaban J connectivity index is 1.80. The first-order valence-corrected chi connectivity index (χ1v) is 9.12. The molecule has 1 amide bonds. The molecule has 0 atom stereocenters. The van der Waals surface area contributed by atoms with Crippen molar-refractivity contribution < 1.29 is 27.1 Å². The lowest BCUT2D eigenvalue weighted by molar-refractivity contribution is -0.141. The van der Waals surface area contributed by atoms with Gasteiger partial charge >= 0.3 is 6.18 Å². The fraction of sp³-hybridized carbons (Fsp3) is 0.389. The van der Waals surface area contributed by atoms with Crippen LogP contribution in [-0.2, 0) is 17.3 Å². The summed E-state index contributed by atoms with van der Waals surface area (Å²) in [5.41, 5.74) is -0.929. The van der Waals surface area contributed by atoms with Crippen molar-refractivity contribution in [2.75, 3.05) is 13.2 Å². The topological polar surface area (TPSA) is 79.4 Å². The van der Waals surface area contributed by atoms with Crippen molar-refractivity contribution in [2.24, 2.45) is 4.99 Å². The molecule has 156 valence electrons. The zero-order chi connectivity index (χ0) is 21.0. The molecule has 3 rings (SSSR count). The van der Waals surface area contributed by atoms with E-state index in [9.17, 15) is 22.4 Å². The molecule has 2 N–H and O–H groups in total. The number of hydrogen-bond donors (Lipinski definition) is 2. The Kier molecular flexibility index (Phi) is 6.53. The van der Waals surface area contributed by atoms with Gasteiger partial charge in [-0.2, -0.15) is 18.3 Å². The van der Waals surface area contributed by atoms with Crippen molar-refractivity contribution in [2.45, 2.75) is 31.5 Å². The number of aromatic nitrogens is 2. The Morgan fingerprint density at radius 3 is 2.66 bits per heavy atom. The Morgan fingerprint density at radius 2 is 2.03 bits per heavy atom. The number of ether oxygens (including phenoxy) is 1. The second-order valence-corrected chi connectivity index (χ2v) is 6.86. The summed E-state index contributed by atoms with van der Waals surface area (Å²) in [7, 11) is 0. The van der Waals surface area contributed by atoms with Crippen LogP contribution < -0.4 is 5.32 Å². The second-order valence-electron chi connectivity index (χ2n) is 6.46. The smallest absolute Gasteiger partial charge is 0.381 e. The van der Waals surface area contributed by atoms with Crippen LogP contribution in [0.4, 0.5) is 17.6 Å². The number of carbonyl (C=O) groups is 1. The van der Waals surface area contributed by atoms with E-state index in [0.717, 1.165) is 12.1 Å². The number of benzene rings is 1. The first-order chi connectivity index (χ1) is 13.7. The maximum atomic E-state index is 13.6. The molecule has 2 aromatic rings. The molecule has 1 saturated heterocycles. The molecule has 1 aliphatic rings. The minimum absolute atomic E-state index is 0.00664. The van der Waals surface area contributed by atoms with E-state index in [1.165, 1.54) is 12.1 Å². The van der Waals surface area contributed by atoms with Crippen LogP contribution in [0.3, 0.4) is 0 Å². The first-order valence-electron chi connectivity index (χ1n) is 8.74. The highest BCUT2D eigenvalue weighted by molar-refractivity contribution is 6.30. The van der Waals surface area contributed by atoms with Crippen LogP contribution in [0.15, 0.2) is 29.3 Å². The third-order valence-electron chi connectivity index (χ3n) is 4.25. The van der Waals surface area contributed by atoms with Gasteiger partial charge in [-0.25, -0.2) is 4.39 Å². The monoisotopic (exact) mass is 432 g/mol. The van der Waals surface area contributed by atoms with Gasteiger partial charge in [0.05, 0.1) is 11.1 Å². The normalized spacial score (nSPS) is 16.1. The van der Waals surface area contributed by atoms with Gasteiger partial charge in [0.1, 0.15) is 11.7 Å². The lowest BCUT2D eigenvalue weighted by Crippen LogP contribution is -2.34. The van der Waals surface area contributed by atoms with Crippen LogP contribution >= 0.6 is 11.6 Å². The van der Waals surface area contributed by atoms with Crippen molar-refractivity contribution in [3.63, 3.8) is 0 Å². The molecule has 29 heavy (non-hydrogen) atoms. The van der Waals surface area contributed by atoms with E-state index in [1.54, 1.807) is 0 Å². The van der Waals surface area contributed by atoms with E-state index in [0.29, 0.717) is 26.1 Å². The molecule has 1 aliphatic heterocycles. The number of H-pyrrole nitrogens is 1. The molecule has 6 nitrogen and oxygen atoms in total. The van der Waals surface area contributed by atoms with E-state index >= 15 is 0 Å². The molecule has 11 heteroatoms. The molecule has 1 fully saturated rings. The van der Waals surface area contributed by atoms with Crippen LogP contribution in [0.25, 0.3) is 0 Å². The number of aliphatic imine (C=N–C) groups is 1. The van der Waals surface area contributed by atoms with E-state index in [-0.39, 0.29) is 34.6 Å². The summed E-state index contributed by atoms with van der Waals surface area (Å²) in [6.45, 7) is 1.00. The molecule has 0 bridgehead atoms. The highest BCUT2D eigenvalue weighted by Crippen LogP contribution is 2.27. The maximum Gasteiger partial charge on any atom is 0.435 e. The molecule has 0 aliphatic carbocycles. The lowest BCUT2D eigenvalue weighted by atomic mass is 10.1. The van der Waals surface area contributed by atoms with Crippen LogP contribution in [0.5, 0.6) is 0 Å². The molecule has 2 heterocycles. The van der Waals surface area contributed by atoms with Gasteiger partial charge < -0.3 is 10.1 Å². The summed E-state index contributed by atoms with van der Waals surface area (Å²) in [4.78, 5) is 16.9. The third-order valence-corrected chi connectivity index (χ3v) is 4.55. The standard InChI is InChI=1S/C18H17ClF4N4O2/c19-13-2-1-10(7-14(13)20)17(28)25-16(24-11-3-5-29-6-4-11)9-12-8-15(27-26-12)18(21,22)23/h1-2,7-8,11H,3-6,9H2,(H,26,27)(H,24,25,28). The number of nitrogens with one attached hydrogen (secondary N) is 2. The molecule has 0 spiro atoms. The number of amidine groups is 1. The molecule has 0 saturated carbocycles. The van der Waals surface area contributed by atoms with Gasteiger partial charge in [-0.1, -0.05) is 11.6 Å². The summed E-state index contributed by atoms with van der Waals surface area (Å²) in [6.07, 6.45) is -3.46. The quantitative estimate of drug-likeness (QED) is 0.438. The van der Waals surface area contributed by atoms with Crippen molar-refractivity contribution in [1.29, 1.82) is 0 Å². The van der Waals surface area contributed by atoms with E-state index in [2.05, 4.69) is 20.5 Å². The molecule has 0 unspecified atom stereocenters. The summed E-state index contributed by atoms with van der Waals surface area (Å²) < 4.78 is 57.2. The van der Waals surface area contributed by atoms with Crippen molar-refractivity contribution in [1.82, 2.24) is 15.5 Å². The van der Waals surface area contributed by atoms with Crippen molar-refractivity contribution >= 4 is 23.3 Å². The Morgan fingerprint density at radius 1 is 1.31 bits per heavy atom. The summed E-state index contributed by atoms with van der Waals surface area (Å²) in [5.74, 6) is -1.26. The van der Waals surface area contributed by atoms with Crippen molar-refractivity contribution in [3.8, 4) is 0 Å². The number of carbonyl (C=O) groups excluding carboxylic acids is 1. The van der Waals surface area contributed by atoms with E-state index in [1.807, 2.05) is 0 Å². The van der Waals surface area contributed by atoms with Crippen LogP contribution in [-0.4, -0.2) is 41.2 Å². The Hall–Kier alpha value is -2.46. The van der Waals surface area contributed by atoms with Crippen LogP contribution in [0.1, 0.15) is 34.6 Å². The summed E-state index contributed by atoms with van der Waals surface area (Å²) in [6, 6.07) is 4.26. The zero-order valence-electron chi connectivity index (χ0n) is 15.0. The molecular formula is C18H17ClF4N4O2. The molecule has 0 radical (unpaired) electrons. The van der Waals surface area contributed by atoms with Gasteiger partial charge in [0.15, 0.2) is 5.69 Å². The van der Waals surface area contributed by atoms with Gasteiger partial charge in [-0.3, -0.25) is 14.9 Å². The highest BCUT2D eigenvalue weighted by Gasteiger charge is 2.34. The average molecular weight is 433 g/mol. The van der Waals surface area contributed by atoms with Crippen LogP contribution in [0, 0.1) is 5.82 Å². The van der Waals surface area contributed by atoms with E-state index < -0.39 is 23.6 Å². The van der Waals surface area contributed by atoms with Gasteiger partial charge in [-0.15, -0.1) is 0 Å². The number of amides is 1. The number of hydrogen-bond acceptors (Lipinski definition) is 4. The zero-order valence-corrected chi connectivity index (χ0v) is 15.8. The largest absolute Gasteiger partial charge is 0.435 e. The van der Waals surface area contributed by atoms with Crippen LogP contribution in [0.2, 0.25) is 5.02 Å². The number of aromatic amines is 1. The van der Waals surface area contributed by atoms with E-state index in [4.69, 9.17) is 16.3 Å². The first kappa shape index (κ1) is 21.3. The lowest BCUT2D eigenvalue weighted by Gasteiger charge is -2.20. The third kappa shape index (κ3) is 5.77. The average Bonchev–Trinajstić information content (AvgIpc) is 3.13. The highest BCUT2D eigenvalue weighted by atomic mass is 35.5. The fourth-order valence-electron chi connectivity index (χ4n) is 2.78. The number of halogens is 5. The summed E-state index contributed by atoms with van der Waals surface area (Å²) >= 11 is 5.62. The minimum atomic E-state index is -4.59. The minimum Gasteiger partial charge on any atom is -0.381 e. The SMILES string of the molecule is O=C(NC(Cc1cc(C(F)(F)F)n[nH]1)=NC1CCOCC1)c1ccc(Cl)c(F)c1. The molecular weight excluding hydrogens is 416 g/mol. The molecule has 1 aromatic heterocycles. The summed E-state index contributed by atoms with van der Waals surface area (Å²) in [5, 5.41) is 7.97. The van der Waals surface area contributed by atoms with Gasteiger partial charge in [0.25, 0.3) is 5.91 Å². The predicted octanol–water partition coefficient (Wildman–Crippen LogP) is 3.77. The Bertz CT molecular complexity index is 908. The maximum absolute atomic E-state index is 13.6. The fourth-order valence-corrected chi connectivity index (χ4v) is 2.89. The Labute approximate surface area is 168 Å². The molecule has 1 aromatic carbocycles. The second kappa shape index (κ2) is 8.91. The predicted molar refractivity (Wildman–Crippen MR) is 97.4 cm³/mol. The van der Waals surface area contributed by atoms with Gasteiger partial charge in [0.2, 0.25) is 0 Å². The number of alkyl halides is 3. The van der Waals surface area contributed by atoms with Crippen molar-refractivity contribution in [3.05, 3.63) is 52.1 Å². The van der Waals surface area contributed by atoms with Gasteiger partial charge in [0, 0.05) is 30.9 Å². The number of rotatable bonds is 4. The van der Waals surface area contributed by atoms with Gasteiger partial charge in [-0.05, 0) is 37.1 Å². The number of nitrogens with zero attached hydrogens (tertiary/aromatic N) is 2.